The van der Waals surface area contributed by atoms with Gasteiger partial charge >= 0.3 is 6.03 Å². The summed E-state index contributed by atoms with van der Waals surface area (Å²) in [5.41, 5.74) is 8.05. The molecule has 2 amide bonds. The molecule has 0 bridgehead atoms. The van der Waals surface area contributed by atoms with Crippen LogP contribution < -0.4 is 5.73 Å². The molecule has 2 unspecified atom stereocenters. The molecular formula is C15H17N3O. The summed E-state index contributed by atoms with van der Waals surface area (Å²) in [5, 5.41) is 0. The molecule has 1 heterocycles. The van der Waals surface area contributed by atoms with E-state index < -0.39 is 0 Å². The zero-order valence-electron chi connectivity index (χ0n) is 11.1. The smallest absolute Gasteiger partial charge is 0.347 e. The molecule has 0 aliphatic carbocycles. The van der Waals surface area contributed by atoms with Crippen molar-refractivity contribution in [1.82, 2.24) is 4.90 Å². The molecule has 98 valence electrons. The Morgan fingerprint density at radius 2 is 2.11 bits per heavy atom. The molecule has 1 aromatic rings. The number of hydrogen-bond donors (Lipinski definition) is 1. The first kappa shape index (κ1) is 13.2. The quantitative estimate of drug-likeness (QED) is 0.841. The summed E-state index contributed by atoms with van der Waals surface area (Å²) >= 11 is 0. The van der Waals surface area contributed by atoms with Crippen molar-refractivity contribution in [2.24, 2.45) is 10.7 Å². The standard InChI is InChI=1S/C15H17N3O/c1-4-10(3)18-13(14(16)17-15(18)19)12-8-6-11(5-2)7-9-12/h1,6-10,13H,5H2,2-3H3,(H2,16,17,19). The van der Waals surface area contributed by atoms with Gasteiger partial charge in [0.05, 0.1) is 6.04 Å². The lowest BCUT2D eigenvalue weighted by Crippen LogP contribution is -2.38. The van der Waals surface area contributed by atoms with Crippen molar-refractivity contribution in [1.29, 1.82) is 0 Å². The molecule has 0 radical (unpaired) electrons. The summed E-state index contributed by atoms with van der Waals surface area (Å²) in [6, 6.07) is 6.94. The first-order valence-electron chi connectivity index (χ1n) is 6.29. The van der Waals surface area contributed by atoms with Crippen molar-refractivity contribution >= 4 is 11.9 Å². The van der Waals surface area contributed by atoms with Crippen molar-refractivity contribution < 1.29 is 4.79 Å². The maximum absolute atomic E-state index is 11.9. The van der Waals surface area contributed by atoms with Crippen molar-refractivity contribution in [3.8, 4) is 12.3 Å². The van der Waals surface area contributed by atoms with Gasteiger partial charge in [0.25, 0.3) is 0 Å². The third kappa shape index (κ3) is 2.32. The van der Waals surface area contributed by atoms with Crippen molar-refractivity contribution in [3.05, 3.63) is 35.4 Å². The zero-order chi connectivity index (χ0) is 14.0. The molecule has 0 aromatic heterocycles. The van der Waals surface area contributed by atoms with E-state index in [1.807, 2.05) is 24.3 Å². The lowest BCUT2D eigenvalue weighted by Gasteiger charge is -2.27. The SMILES string of the molecule is C#CC(C)N1C(=O)N=C(N)C1c1ccc(CC)cc1. The van der Waals surface area contributed by atoms with Crippen molar-refractivity contribution in [2.75, 3.05) is 0 Å². The van der Waals surface area contributed by atoms with E-state index in [1.54, 1.807) is 6.92 Å². The van der Waals surface area contributed by atoms with Gasteiger partial charge in [-0.25, -0.2) is 4.79 Å². The highest BCUT2D eigenvalue weighted by molar-refractivity contribution is 6.03. The van der Waals surface area contributed by atoms with Gasteiger partial charge in [0.15, 0.2) is 0 Å². The van der Waals surface area contributed by atoms with Gasteiger partial charge in [0.1, 0.15) is 11.9 Å². The summed E-state index contributed by atoms with van der Waals surface area (Å²) in [7, 11) is 0. The van der Waals surface area contributed by atoms with Crippen LogP contribution in [-0.4, -0.2) is 22.8 Å². The molecule has 4 heteroatoms. The molecule has 1 aliphatic rings. The summed E-state index contributed by atoms with van der Waals surface area (Å²) in [5.74, 6) is 2.86. The third-order valence-corrected chi connectivity index (χ3v) is 3.37. The molecule has 4 nitrogen and oxygen atoms in total. The molecule has 19 heavy (non-hydrogen) atoms. The second-order valence-corrected chi connectivity index (χ2v) is 4.57. The van der Waals surface area contributed by atoms with Gasteiger partial charge in [-0.3, -0.25) is 4.90 Å². The maximum Gasteiger partial charge on any atom is 0.347 e. The van der Waals surface area contributed by atoms with E-state index in [2.05, 4.69) is 17.8 Å². The van der Waals surface area contributed by atoms with Crippen LogP contribution in [-0.2, 0) is 6.42 Å². The Bertz CT molecular complexity index is 554. The Kier molecular flexibility index (Phi) is 3.57. The maximum atomic E-state index is 11.9. The molecule has 0 saturated heterocycles. The van der Waals surface area contributed by atoms with E-state index in [0.717, 1.165) is 12.0 Å². The van der Waals surface area contributed by atoms with Crippen molar-refractivity contribution in [3.63, 3.8) is 0 Å². The first-order chi connectivity index (χ1) is 9.08. The molecule has 1 aromatic carbocycles. The number of carbonyl (C=O) groups excluding carboxylic acids is 1. The monoisotopic (exact) mass is 255 g/mol. The summed E-state index contributed by atoms with van der Waals surface area (Å²) in [6.45, 7) is 3.88. The van der Waals surface area contributed by atoms with Gasteiger partial charge in [-0.2, -0.15) is 4.99 Å². The van der Waals surface area contributed by atoms with Crippen LogP contribution in [0.15, 0.2) is 29.3 Å². The summed E-state index contributed by atoms with van der Waals surface area (Å²) in [4.78, 5) is 17.2. The van der Waals surface area contributed by atoms with Crippen LogP contribution in [0.5, 0.6) is 0 Å². The molecule has 0 spiro atoms. The highest BCUT2D eigenvalue weighted by Gasteiger charge is 2.36. The fourth-order valence-corrected chi connectivity index (χ4v) is 2.22. The van der Waals surface area contributed by atoms with Crippen LogP contribution in [0.4, 0.5) is 4.79 Å². The van der Waals surface area contributed by atoms with Crippen LogP contribution in [0, 0.1) is 12.3 Å². The van der Waals surface area contributed by atoms with Crippen LogP contribution >= 0.6 is 0 Å². The van der Waals surface area contributed by atoms with Crippen LogP contribution in [0.1, 0.15) is 31.0 Å². The lowest BCUT2D eigenvalue weighted by atomic mass is 10.0. The molecule has 0 fully saturated rings. The number of aryl methyl sites for hydroxylation is 1. The number of amidine groups is 1. The number of rotatable bonds is 3. The minimum Gasteiger partial charge on any atom is -0.385 e. The molecule has 2 rings (SSSR count). The normalized spacial score (nSPS) is 20.1. The topological polar surface area (TPSA) is 58.7 Å². The second kappa shape index (κ2) is 5.15. The number of terminal acetylenes is 1. The van der Waals surface area contributed by atoms with E-state index in [0.29, 0.717) is 5.84 Å². The van der Waals surface area contributed by atoms with Gasteiger partial charge in [-0.05, 0) is 24.5 Å². The van der Waals surface area contributed by atoms with Gasteiger partial charge in [-0.1, -0.05) is 37.1 Å². The number of carbonyl (C=O) groups is 1. The Labute approximate surface area is 113 Å². The van der Waals surface area contributed by atoms with Crippen molar-refractivity contribution in [2.45, 2.75) is 32.4 Å². The zero-order valence-corrected chi connectivity index (χ0v) is 11.1. The Morgan fingerprint density at radius 3 is 2.63 bits per heavy atom. The Morgan fingerprint density at radius 1 is 1.47 bits per heavy atom. The van der Waals surface area contributed by atoms with E-state index in [-0.39, 0.29) is 18.1 Å². The minimum atomic E-state index is -0.368. The Balaban J connectivity index is 2.37. The van der Waals surface area contributed by atoms with Gasteiger partial charge in [0, 0.05) is 0 Å². The van der Waals surface area contributed by atoms with Gasteiger partial charge in [0.2, 0.25) is 0 Å². The largest absolute Gasteiger partial charge is 0.385 e. The second-order valence-electron chi connectivity index (χ2n) is 4.57. The van der Waals surface area contributed by atoms with E-state index in [9.17, 15) is 4.79 Å². The van der Waals surface area contributed by atoms with E-state index in [1.165, 1.54) is 10.5 Å². The van der Waals surface area contributed by atoms with Gasteiger partial charge < -0.3 is 5.73 Å². The summed E-state index contributed by atoms with van der Waals surface area (Å²) < 4.78 is 0. The summed E-state index contributed by atoms with van der Waals surface area (Å²) in [6.07, 6.45) is 6.38. The Hall–Kier alpha value is -2.28. The lowest BCUT2D eigenvalue weighted by molar-refractivity contribution is 0.199. The molecule has 0 saturated carbocycles. The first-order valence-corrected chi connectivity index (χ1v) is 6.29. The van der Waals surface area contributed by atoms with E-state index in [4.69, 9.17) is 12.2 Å². The molecular weight excluding hydrogens is 238 g/mol. The number of amides is 2. The predicted molar refractivity (Wildman–Crippen MR) is 75.7 cm³/mol. The average molecular weight is 255 g/mol. The van der Waals surface area contributed by atoms with Crippen LogP contribution in [0.25, 0.3) is 0 Å². The number of benzene rings is 1. The average Bonchev–Trinajstić information content (AvgIpc) is 2.72. The number of aliphatic imine (C=N–C) groups is 1. The third-order valence-electron chi connectivity index (χ3n) is 3.37. The van der Waals surface area contributed by atoms with Crippen LogP contribution in [0.2, 0.25) is 0 Å². The van der Waals surface area contributed by atoms with Gasteiger partial charge in [-0.15, -0.1) is 6.42 Å². The highest BCUT2D eigenvalue weighted by Crippen LogP contribution is 2.29. The minimum absolute atomic E-state index is 0.302. The number of nitrogens with zero attached hydrogens (tertiary/aromatic N) is 2. The molecule has 1 aliphatic heterocycles. The van der Waals surface area contributed by atoms with E-state index >= 15 is 0 Å². The number of nitrogens with two attached hydrogens (primary N) is 1. The number of urea groups is 1. The predicted octanol–water partition coefficient (Wildman–Crippen LogP) is 2.10. The van der Waals surface area contributed by atoms with Crippen LogP contribution in [0.3, 0.4) is 0 Å². The highest BCUT2D eigenvalue weighted by atomic mass is 16.2. The molecule has 2 atom stereocenters. The number of hydrogen-bond acceptors (Lipinski definition) is 2. The molecule has 2 N–H and O–H groups in total. The fourth-order valence-electron chi connectivity index (χ4n) is 2.22. The fraction of sp³-hybridized carbons (Fsp3) is 0.333.